The van der Waals surface area contributed by atoms with E-state index >= 15 is 0 Å². The molecule has 1 nitrogen and oxygen atoms in total. The van der Waals surface area contributed by atoms with Crippen LogP contribution in [0.4, 0.5) is 0 Å². The molecule has 0 heterocycles. The summed E-state index contributed by atoms with van der Waals surface area (Å²) in [5.74, 6) is -0.114. The molecule has 1 N–H and O–H groups in total. The van der Waals surface area contributed by atoms with Gasteiger partial charge in [-0.15, -0.1) is 0 Å². The fourth-order valence-electron chi connectivity index (χ4n) is 3.07. The van der Waals surface area contributed by atoms with Crippen LogP contribution in [0.1, 0.15) is 29.5 Å². The highest BCUT2D eigenvalue weighted by Gasteiger charge is 2.35. The van der Waals surface area contributed by atoms with Gasteiger partial charge < -0.3 is 5.11 Å². The van der Waals surface area contributed by atoms with Crippen molar-refractivity contribution in [1.82, 2.24) is 0 Å². The molecule has 1 atom stereocenters. The first-order valence-corrected chi connectivity index (χ1v) is 7.57. The lowest BCUT2D eigenvalue weighted by molar-refractivity contribution is 0.0393. The summed E-state index contributed by atoms with van der Waals surface area (Å²) in [6, 6.07) is 30.3. The van der Waals surface area contributed by atoms with Gasteiger partial charge in [0.2, 0.25) is 0 Å². The van der Waals surface area contributed by atoms with Crippen molar-refractivity contribution >= 4 is 0 Å². The van der Waals surface area contributed by atoms with Crippen LogP contribution in [0.15, 0.2) is 91.0 Å². The summed E-state index contributed by atoms with van der Waals surface area (Å²) in [4.78, 5) is 0. The van der Waals surface area contributed by atoms with E-state index in [0.717, 1.165) is 16.7 Å². The van der Waals surface area contributed by atoms with Crippen LogP contribution in [0.2, 0.25) is 0 Å². The molecule has 0 aromatic heterocycles. The Morgan fingerprint density at radius 3 is 1.41 bits per heavy atom. The third-order valence-corrected chi connectivity index (χ3v) is 4.19. The zero-order valence-electron chi connectivity index (χ0n) is 12.7. The predicted octanol–water partition coefficient (Wildman–Crippen LogP) is 4.73. The summed E-state index contributed by atoms with van der Waals surface area (Å²) in [6.45, 7) is 1.90. The molecule has 0 amide bonds. The molecule has 3 rings (SSSR count). The van der Waals surface area contributed by atoms with Crippen LogP contribution >= 0.6 is 0 Å². The maximum Gasteiger partial charge on any atom is 0.0977 e. The van der Waals surface area contributed by atoms with Gasteiger partial charge in [0.1, 0.15) is 0 Å². The predicted molar refractivity (Wildman–Crippen MR) is 90.7 cm³/mol. The van der Waals surface area contributed by atoms with Crippen LogP contribution in [-0.4, -0.2) is 5.11 Å². The fourth-order valence-corrected chi connectivity index (χ4v) is 3.07. The molecule has 3 aromatic rings. The van der Waals surface area contributed by atoms with Crippen LogP contribution in [-0.2, 0) is 5.60 Å². The summed E-state index contributed by atoms with van der Waals surface area (Å²) < 4.78 is 0. The molecular weight excluding hydrogens is 268 g/mol. The third kappa shape index (κ3) is 2.81. The van der Waals surface area contributed by atoms with E-state index < -0.39 is 5.60 Å². The maximum atomic E-state index is 11.4. The van der Waals surface area contributed by atoms with Crippen molar-refractivity contribution in [2.24, 2.45) is 0 Å². The van der Waals surface area contributed by atoms with E-state index in [9.17, 15) is 5.11 Å². The molecule has 0 fully saturated rings. The average Bonchev–Trinajstić information content (AvgIpc) is 2.58. The zero-order valence-corrected chi connectivity index (χ0v) is 12.7. The normalized spacial score (nSPS) is 13.8. The summed E-state index contributed by atoms with van der Waals surface area (Å²) in [5, 5.41) is 11.4. The molecule has 22 heavy (non-hydrogen) atoms. The molecule has 0 aliphatic carbocycles. The smallest absolute Gasteiger partial charge is 0.0977 e. The van der Waals surface area contributed by atoms with Crippen molar-refractivity contribution in [1.29, 1.82) is 0 Å². The van der Waals surface area contributed by atoms with Crippen molar-refractivity contribution in [3.8, 4) is 0 Å². The highest BCUT2D eigenvalue weighted by Crippen LogP contribution is 2.41. The van der Waals surface area contributed by atoms with Crippen LogP contribution in [0, 0.1) is 0 Å². The lowest BCUT2D eigenvalue weighted by Gasteiger charge is -2.34. The van der Waals surface area contributed by atoms with Gasteiger partial charge in [0.25, 0.3) is 0 Å². The van der Waals surface area contributed by atoms with Crippen molar-refractivity contribution in [3.63, 3.8) is 0 Å². The second-order valence-electron chi connectivity index (χ2n) is 5.77. The van der Waals surface area contributed by atoms with Crippen molar-refractivity contribution in [2.45, 2.75) is 18.4 Å². The Bertz CT molecular complexity index is 663. The van der Waals surface area contributed by atoms with Crippen molar-refractivity contribution < 1.29 is 5.11 Å². The molecule has 1 heteroatoms. The highest BCUT2D eigenvalue weighted by molar-refractivity contribution is 5.39. The molecule has 0 saturated carbocycles. The van der Waals surface area contributed by atoms with Gasteiger partial charge in [-0.05, 0) is 23.6 Å². The Labute approximate surface area is 131 Å². The number of hydrogen-bond acceptors (Lipinski definition) is 1. The summed E-state index contributed by atoms with van der Waals surface area (Å²) in [6.07, 6.45) is 0. The van der Waals surface area contributed by atoms with Crippen LogP contribution in [0.3, 0.4) is 0 Å². The van der Waals surface area contributed by atoms with Gasteiger partial charge in [-0.3, -0.25) is 0 Å². The van der Waals surface area contributed by atoms with Crippen LogP contribution in [0.5, 0.6) is 0 Å². The SMILES string of the molecule is CC(O)(c1ccccc1)C(c1ccccc1)c1ccccc1. The van der Waals surface area contributed by atoms with E-state index in [0.29, 0.717) is 0 Å². The second kappa shape index (κ2) is 6.17. The minimum atomic E-state index is -0.982. The van der Waals surface area contributed by atoms with Crippen LogP contribution < -0.4 is 0 Å². The van der Waals surface area contributed by atoms with E-state index in [2.05, 4.69) is 24.3 Å². The van der Waals surface area contributed by atoms with Gasteiger partial charge in [0, 0.05) is 5.92 Å². The lowest BCUT2D eigenvalue weighted by Crippen LogP contribution is -2.31. The molecule has 1 unspecified atom stereocenters. The van der Waals surface area contributed by atoms with E-state index in [-0.39, 0.29) is 5.92 Å². The van der Waals surface area contributed by atoms with Crippen molar-refractivity contribution in [2.75, 3.05) is 0 Å². The van der Waals surface area contributed by atoms with E-state index in [1.807, 2.05) is 73.7 Å². The van der Waals surface area contributed by atoms with Gasteiger partial charge >= 0.3 is 0 Å². The molecule has 0 spiro atoms. The minimum absolute atomic E-state index is 0.114. The third-order valence-electron chi connectivity index (χ3n) is 4.19. The minimum Gasteiger partial charge on any atom is -0.384 e. The zero-order chi connectivity index (χ0) is 15.4. The van der Waals surface area contributed by atoms with Gasteiger partial charge in [0.15, 0.2) is 0 Å². The lowest BCUT2D eigenvalue weighted by atomic mass is 9.75. The topological polar surface area (TPSA) is 20.2 Å². The Balaban J connectivity index is 2.14. The van der Waals surface area contributed by atoms with Crippen molar-refractivity contribution in [3.05, 3.63) is 108 Å². The first kappa shape index (κ1) is 14.6. The molecule has 0 bridgehead atoms. The number of hydrogen-bond donors (Lipinski definition) is 1. The average molecular weight is 288 g/mol. The Kier molecular flexibility index (Phi) is 4.08. The first-order chi connectivity index (χ1) is 10.7. The summed E-state index contributed by atoms with van der Waals surface area (Å²) in [5.41, 5.74) is 2.17. The van der Waals surface area contributed by atoms with Gasteiger partial charge in [-0.25, -0.2) is 0 Å². The number of benzene rings is 3. The highest BCUT2D eigenvalue weighted by atomic mass is 16.3. The molecule has 0 saturated heterocycles. The molecule has 0 radical (unpaired) electrons. The van der Waals surface area contributed by atoms with Gasteiger partial charge in [0.05, 0.1) is 5.60 Å². The number of aliphatic hydroxyl groups is 1. The molecule has 0 aliphatic heterocycles. The summed E-state index contributed by atoms with van der Waals surface area (Å²) >= 11 is 0. The van der Waals surface area contributed by atoms with Gasteiger partial charge in [-0.2, -0.15) is 0 Å². The molecular formula is C21H20O. The Hall–Kier alpha value is -2.38. The maximum absolute atomic E-state index is 11.4. The molecule has 0 aliphatic rings. The van der Waals surface area contributed by atoms with E-state index in [4.69, 9.17) is 0 Å². The molecule has 110 valence electrons. The van der Waals surface area contributed by atoms with E-state index in [1.54, 1.807) is 0 Å². The fraction of sp³-hybridized carbons (Fsp3) is 0.143. The standard InChI is InChI=1S/C21H20O/c1-21(22,19-15-9-4-10-16-19)20(17-11-5-2-6-12-17)18-13-7-3-8-14-18/h2-16,20,22H,1H3. The second-order valence-corrected chi connectivity index (χ2v) is 5.77. The van der Waals surface area contributed by atoms with Crippen LogP contribution in [0.25, 0.3) is 0 Å². The largest absolute Gasteiger partial charge is 0.384 e. The first-order valence-electron chi connectivity index (χ1n) is 7.57. The Morgan fingerprint density at radius 1 is 0.636 bits per heavy atom. The Morgan fingerprint density at radius 2 is 1.00 bits per heavy atom. The van der Waals surface area contributed by atoms with E-state index in [1.165, 1.54) is 0 Å². The monoisotopic (exact) mass is 288 g/mol. The summed E-state index contributed by atoms with van der Waals surface area (Å²) in [7, 11) is 0. The molecule has 3 aromatic carbocycles. The number of rotatable bonds is 4. The van der Waals surface area contributed by atoms with Gasteiger partial charge in [-0.1, -0.05) is 91.0 Å². The quantitative estimate of drug-likeness (QED) is 0.736.